The second kappa shape index (κ2) is 11.1. The Labute approximate surface area is 211 Å². The molecule has 0 saturated carbocycles. The third-order valence-corrected chi connectivity index (χ3v) is 7.91. The summed E-state index contributed by atoms with van der Waals surface area (Å²) >= 11 is 0. The predicted molar refractivity (Wildman–Crippen MR) is 138 cm³/mol. The van der Waals surface area contributed by atoms with Gasteiger partial charge in [-0.25, -0.2) is 13.2 Å². The lowest BCUT2D eigenvalue weighted by Crippen LogP contribution is -2.53. The smallest absolute Gasteiger partial charge is 0.411 e. The van der Waals surface area contributed by atoms with E-state index >= 15 is 0 Å². The number of rotatable bonds is 7. The number of likely N-dealkylation sites (tertiary alicyclic amines) is 1. The summed E-state index contributed by atoms with van der Waals surface area (Å²) < 4.78 is 34.8. The highest BCUT2D eigenvalue weighted by molar-refractivity contribution is 7.89. The van der Waals surface area contributed by atoms with Gasteiger partial charge in [0.15, 0.2) is 0 Å². The highest BCUT2D eigenvalue weighted by Crippen LogP contribution is 2.28. The van der Waals surface area contributed by atoms with Gasteiger partial charge in [-0.05, 0) is 61.8 Å². The Morgan fingerprint density at radius 3 is 2.47 bits per heavy atom. The lowest BCUT2D eigenvalue weighted by atomic mass is 10.0. The molecule has 0 aliphatic carbocycles. The number of aryl methyl sites for hydroxylation is 1. The van der Waals surface area contributed by atoms with Crippen molar-refractivity contribution in [3.8, 4) is 0 Å². The Morgan fingerprint density at radius 1 is 1.00 bits per heavy atom. The molecule has 36 heavy (non-hydrogen) atoms. The van der Waals surface area contributed by atoms with Crippen LogP contribution in [-0.2, 0) is 21.3 Å². The average molecular weight is 510 g/mol. The molecule has 2 amide bonds. The highest BCUT2D eigenvalue weighted by Gasteiger charge is 2.32. The first-order valence-electron chi connectivity index (χ1n) is 12.1. The van der Waals surface area contributed by atoms with Gasteiger partial charge in [0.1, 0.15) is 0 Å². The van der Waals surface area contributed by atoms with Crippen LogP contribution in [0.5, 0.6) is 0 Å². The lowest BCUT2D eigenvalue weighted by Gasteiger charge is -2.35. The van der Waals surface area contributed by atoms with Crippen molar-refractivity contribution in [3.63, 3.8) is 0 Å². The molecule has 0 bridgehead atoms. The molecule has 190 valence electrons. The number of fused-ring (bicyclic) bond motifs is 1. The second-order valence-corrected chi connectivity index (χ2v) is 10.5. The van der Waals surface area contributed by atoms with Crippen LogP contribution >= 0.6 is 0 Å². The third kappa shape index (κ3) is 5.52. The summed E-state index contributed by atoms with van der Waals surface area (Å²) in [5.41, 5.74) is 2.29. The number of hydrogen-bond donors (Lipinski definition) is 2. The summed E-state index contributed by atoms with van der Waals surface area (Å²) in [7, 11) is -3.95. The summed E-state index contributed by atoms with van der Waals surface area (Å²) in [5, 5.41) is 4.22. The van der Waals surface area contributed by atoms with Crippen LogP contribution in [0.25, 0.3) is 10.8 Å². The molecule has 1 heterocycles. The minimum atomic E-state index is -3.95. The maximum absolute atomic E-state index is 13.5. The monoisotopic (exact) mass is 509 g/mol. The Balaban J connectivity index is 1.59. The van der Waals surface area contributed by atoms with Crippen LogP contribution in [-0.4, -0.2) is 44.6 Å². The summed E-state index contributed by atoms with van der Waals surface area (Å²) in [6, 6.07) is 17.8. The van der Waals surface area contributed by atoms with E-state index in [0.717, 1.165) is 29.4 Å². The number of nitrogens with one attached hydrogen (secondary N) is 2. The minimum absolute atomic E-state index is 0.126. The maximum Gasteiger partial charge on any atom is 0.411 e. The summed E-state index contributed by atoms with van der Waals surface area (Å²) in [6.07, 6.45) is 0.926. The molecule has 1 fully saturated rings. The number of piperidine rings is 1. The molecular formula is C27H31N3O5S. The Hall–Kier alpha value is -3.43. The van der Waals surface area contributed by atoms with E-state index in [9.17, 15) is 18.0 Å². The molecule has 1 aliphatic rings. The number of nitrogens with zero attached hydrogens (tertiary/aromatic N) is 1. The van der Waals surface area contributed by atoms with Crippen molar-refractivity contribution in [3.05, 3.63) is 77.4 Å². The minimum Gasteiger partial charge on any atom is -0.450 e. The van der Waals surface area contributed by atoms with Crippen LogP contribution < -0.4 is 10.0 Å². The average Bonchev–Trinajstić information content (AvgIpc) is 2.87. The van der Waals surface area contributed by atoms with Gasteiger partial charge >= 0.3 is 6.09 Å². The highest BCUT2D eigenvalue weighted by atomic mass is 32.2. The summed E-state index contributed by atoms with van der Waals surface area (Å²) in [4.78, 5) is 26.6. The zero-order valence-corrected chi connectivity index (χ0v) is 21.3. The van der Waals surface area contributed by atoms with Crippen molar-refractivity contribution < 1.29 is 22.7 Å². The molecule has 0 spiro atoms. The molecule has 2 N–H and O–H groups in total. The van der Waals surface area contributed by atoms with Gasteiger partial charge in [-0.15, -0.1) is 0 Å². The van der Waals surface area contributed by atoms with Gasteiger partial charge in [0.25, 0.3) is 5.91 Å². The number of amides is 2. The molecule has 8 nitrogen and oxygen atoms in total. The molecule has 9 heteroatoms. The van der Waals surface area contributed by atoms with Gasteiger partial charge in [-0.1, -0.05) is 48.5 Å². The van der Waals surface area contributed by atoms with Crippen LogP contribution in [0.2, 0.25) is 0 Å². The third-order valence-electron chi connectivity index (χ3n) is 6.39. The number of carbonyl (C=O) groups excluding carboxylic acids is 2. The van der Waals surface area contributed by atoms with Crippen molar-refractivity contribution in [2.24, 2.45) is 0 Å². The Bertz CT molecular complexity index is 1370. The van der Waals surface area contributed by atoms with Gasteiger partial charge in [0.2, 0.25) is 10.0 Å². The van der Waals surface area contributed by atoms with Gasteiger partial charge < -0.3 is 10.1 Å². The number of ether oxygens (including phenoxy) is 1. The molecule has 1 saturated heterocycles. The van der Waals surface area contributed by atoms with Crippen LogP contribution in [0, 0.1) is 6.92 Å². The molecule has 3 aromatic rings. The standard InChI is InChI=1S/C27H31N3O5S/c1-3-35-27(32)30-17-9-8-14-25(30)29-36(33,34)24-16-15-20(22-12-6-7-13-23(22)24)18-28-26(31)21-11-5-4-10-19(21)2/h4-7,10-13,15-16,25,29H,3,8-9,14,17-18H2,1-2H3,(H,28,31). The van der Waals surface area contributed by atoms with E-state index in [0.29, 0.717) is 23.9 Å². The van der Waals surface area contributed by atoms with E-state index in [1.165, 1.54) is 4.90 Å². The molecule has 1 aliphatic heterocycles. The zero-order valence-electron chi connectivity index (χ0n) is 20.5. The van der Waals surface area contributed by atoms with Crippen LogP contribution in [0.3, 0.4) is 0 Å². The molecule has 0 radical (unpaired) electrons. The topological polar surface area (TPSA) is 105 Å². The SMILES string of the molecule is CCOC(=O)N1CCCCC1NS(=O)(=O)c1ccc(CNC(=O)c2ccccc2C)c2ccccc12. The molecule has 0 aromatic heterocycles. The fraction of sp³-hybridized carbons (Fsp3) is 0.333. The second-order valence-electron chi connectivity index (χ2n) is 8.79. The van der Waals surface area contributed by atoms with E-state index in [4.69, 9.17) is 4.74 Å². The summed E-state index contributed by atoms with van der Waals surface area (Å²) in [6.45, 7) is 4.51. The van der Waals surface area contributed by atoms with Crippen molar-refractivity contribution in [1.29, 1.82) is 0 Å². The predicted octanol–water partition coefficient (Wildman–Crippen LogP) is 4.33. The van der Waals surface area contributed by atoms with E-state index in [1.54, 1.807) is 37.3 Å². The fourth-order valence-corrected chi connectivity index (χ4v) is 5.99. The fourth-order valence-electron chi connectivity index (χ4n) is 4.54. The van der Waals surface area contributed by atoms with Crippen molar-refractivity contribution in [1.82, 2.24) is 14.9 Å². The number of sulfonamides is 1. The van der Waals surface area contributed by atoms with Crippen LogP contribution in [0.4, 0.5) is 4.79 Å². The van der Waals surface area contributed by atoms with E-state index in [-0.39, 0.29) is 24.0 Å². The van der Waals surface area contributed by atoms with Crippen molar-refractivity contribution in [2.75, 3.05) is 13.2 Å². The summed E-state index contributed by atoms with van der Waals surface area (Å²) in [5.74, 6) is -0.188. The van der Waals surface area contributed by atoms with Gasteiger partial charge in [-0.3, -0.25) is 9.69 Å². The lowest BCUT2D eigenvalue weighted by molar-refractivity contribution is 0.0740. The number of carbonyl (C=O) groups is 2. The first-order valence-corrected chi connectivity index (χ1v) is 13.6. The first-order chi connectivity index (χ1) is 17.3. The van der Waals surface area contributed by atoms with Crippen LogP contribution in [0.1, 0.15) is 47.7 Å². The Kier molecular flexibility index (Phi) is 7.91. The molecule has 1 unspecified atom stereocenters. The molecule has 3 aromatic carbocycles. The molecule has 1 atom stereocenters. The van der Waals surface area contributed by atoms with Gasteiger partial charge in [0, 0.05) is 24.0 Å². The quantitative estimate of drug-likeness (QED) is 0.493. The maximum atomic E-state index is 13.5. The Morgan fingerprint density at radius 2 is 1.72 bits per heavy atom. The zero-order chi connectivity index (χ0) is 25.7. The van der Waals surface area contributed by atoms with Gasteiger partial charge in [-0.2, -0.15) is 4.72 Å². The number of hydrogen-bond acceptors (Lipinski definition) is 5. The van der Waals surface area contributed by atoms with Gasteiger partial charge in [0.05, 0.1) is 17.7 Å². The normalized spacial score (nSPS) is 16.1. The number of benzene rings is 3. The van der Waals surface area contributed by atoms with E-state index < -0.39 is 22.3 Å². The van der Waals surface area contributed by atoms with Crippen molar-refractivity contribution >= 4 is 32.8 Å². The first kappa shape index (κ1) is 25.7. The largest absolute Gasteiger partial charge is 0.450 e. The molecular weight excluding hydrogens is 478 g/mol. The van der Waals surface area contributed by atoms with E-state index in [2.05, 4.69) is 10.0 Å². The van der Waals surface area contributed by atoms with E-state index in [1.807, 2.05) is 37.3 Å². The van der Waals surface area contributed by atoms with Crippen molar-refractivity contribution in [2.45, 2.75) is 50.7 Å². The molecule has 4 rings (SSSR count). The van der Waals surface area contributed by atoms with Crippen LogP contribution in [0.15, 0.2) is 65.6 Å².